The number of hydrogen-bond donors (Lipinski definition) is 0. The number of allylic oxidation sites excluding steroid dienone is 1. The van der Waals surface area contributed by atoms with E-state index < -0.39 is 0 Å². The van der Waals surface area contributed by atoms with Gasteiger partial charge in [-0.1, -0.05) is 19.1 Å². The van der Waals surface area contributed by atoms with Crippen LogP contribution in [0.15, 0.2) is 12.2 Å². The Morgan fingerprint density at radius 1 is 1.64 bits per heavy atom. The van der Waals surface area contributed by atoms with E-state index in [0.717, 1.165) is 25.5 Å². The minimum absolute atomic E-state index is 0.322. The van der Waals surface area contributed by atoms with Crippen molar-refractivity contribution in [3.05, 3.63) is 12.2 Å². The number of aldehydes is 1. The van der Waals surface area contributed by atoms with Gasteiger partial charge in [-0.2, -0.15) is 0 Å². The largest absolute Gasteiger partial charge is 0.303 e. The highest BCUT2D eigenvalue weighted by molar-refractivity contribution is 5.54. The zero-order valence-electron chi connectivity index (χ0n) is 7.18. The van der Waals surface area contributed by atoms with Gasteiger partial charge in [-0.05, 0) is 31.6 Å². The molecule has 0 aromatic rings. The number of carbonyl (C=O) groups is 1. The van der Waals surface area contributed by atoms with Crippen LogP contribution >= 0.6 is 0 Å². The van der Waals surface area contributed by atoms with Gasteiger partial charge in [-0.25, -0.2) is 0 Å². The number of carbonyl (C=O) groups excluding carboxylic acids is 1. The average Bonchev–Trinajstić information content (AvgIpc) is 2.50. The third kappa shape index (κ3) is 1.92. The predicted molar refractivity (Wildman–Crippen MR) is 46.3 cm³/mol. The van der Waals surface area contributed by atoms with Gasteiger partial charge in [0.2, 0.25) is 0 Å². The minimum Gasteiger partial charge on any atom is -0.303 e. The van der Waals surface area contributed by atoms with Crippen LogP contribution in [0.2, 0.25) is 0 Å². The van der Waals surface area contributed by atoms with E-state index in [4.69, 9.17) is 0 Å². The zero-order valence-corrected chi connectivity index (χ0v) is 7.18. The van der Waals surface area contributed by atoms with E-state index in [1.54, 1.807) is 0 Å². The maximum Gasteiger partial charge on any atom is 0.123 e. The standard InChI is InChI=1S/C10H16O/c1-3-8(2)10-5-4-9(6-10)7-11/h7,9-10H,2-6H2,1H3. The topological polar surface area (TPSA) is 17.1 Å². The Bertz CT molecular complexity index is 160. The van der Waals surface area contributed by atoms with Crippen molar-refractivity contribution in [2.24, 2.45) is 11.8 Å². The lowest BCUT2D eigenvalue weighted by atomic mass is 9.96. The summed E-state index contributed by atoms with van der Waals surface area (Å²) in [5.41, 5.74) is 1.33. The summed E-state index contributed by atoms with van der Waals surface area (Å²) < 4.78 is 0. The Hall–Kier alpha value is -0.590. The van der Waals surface area contributed by atoms with Crippen LogP contribution in [0.3, 0.4) is 0 Å². The van der Waals surface area contributed by atoms with E-state index >= 15 is 0 Å². The number of hydrogen-bond acceptors (Lipinski definition) is 1. The first-order valence-corrected chi connectivity index (χ1v) is 4.40. The lowest BCUT2D eigenvalue weighted by molar-refractivity contribution is -0.110. The summed E-state index contributed by atoms with van der Waals surface area (Å²) in [6, 6.07) is 0. The van der Waals surface area contributed by atoms with Gasteiger partial charge in [0.05, 0.1) is 0 Å². The highest BCUT2D eigenvalue weighted by Gasteiger charge is 2.24. The smallest absolute Gasteiger partial charge is 0.123 e. The van der Waals surface area contributed by atoms with Gasteiger partial charge in [-0.3, -0.25) is 0 Å². The van der Waals surface area contributed by atoms with E-state index in [-0.39, 0.29) is 0 Å². The average molecular weight is 152 g/mol. The molecular weight excluding hydrogens is 136 g/mol. The highest BCUT2D eigenvalue weighted by atomic mass is 16.1. The molecule has 1 heteroatoms. The summed E-state index contributed by atoms with van der Waals surface area (Å²) in [5.74, 6) is 0.957. The van der Waals surface area contributed by atoms with E-state index in [1.807, 2.05) is 0 Å². The Morgan fingerprint density at radius 2 is 2.36 bits per heavy atom. The second-order valence-electron chi connectivity index (χ2n) is 3.42. The molecule has 0 heterocycles. The minimum atomic E-state index is 0.322. The Kier molecular flexibility index (Phi) is 2.86. The van der Waals surface area contributed by atoms with Crippen molar-refractivity contribution in [1.29, 1.82) is 0 Å². The van der Waals surface area contributed by atoms with Crippen LogP contribution in [0.4, 0.5) is 0 Å². The molecule has 11 heavy (non-hydrogen) atoms. The van der Waals surface area contributed by atoms with E-state index in [1.165, 1.54) is 12.0 Å². The van der Waals surface area contributed by atoms with Crippen molar-refractivity contribution in [2.45, 2.75) is 32.6 Å². The van der Waals surface area contributed by atoms with E-state index in [2.05, 4.69) is 13.5 Å². The third-order valence-electron chi connectivity index (χ3n) is 2.70. The van der Waals surface area contributed by atoms with E-state index in [9.17, 15) is 4.79 Å². The molecule has 0 saturated heterocycles. The first-order chi connectivity index (χ1) is 5.27. The normalized spacial score (nSPS) is 30.3. The molecule has 1 aliphatic carbocycles. The second kappa shape index (κ2) is 3.70. The predicted octanol–water partition coefficient (Wildman–Crippen LogP) is 2.57. The molecule has 1 saturated carbocycles. The molecule has 0 aliphatic heterocycles. The fraction of sp³-hybridized carbons (Fsp3) is 0.700. The summed E-state index contributed by atoms with van der Waals surface area (Å²) in [7, 11) is 0. The summed E-state index contributed by atoms with van der Waals surface area (Å²) >= 11 is 0. The van der Waals surface area contributed by atoms with Gasteiger partial charge in [0.15, 0.2) is 0 Å². The van der Waals surface area contributed by atoms with Crippen molar-refractivity contribution in [3.8, 4) is 0 Å². The van der Waals surface area contributed by atoms with Crippen LogP contribution in [0.1, 0.15) is 32.6 Å². The molecule has 0 radical (unpaired) electrons. The SMILES string of the molecule is C=C(CC)C1CCC(C=O)C1. The first kappa shape index (κ1) is 8.51. The van der Waals surface area contributed by atoms with Gasteiger partial charge in [-0.15, -0.1) is 0 Å². The molecule has 1 rings (SSSR count). The van der Waals surface area contributed by atoms with Gasteiger partial charge in [0.1, 0.15) is 6.29 Å². The Labute approximate surface area is 68.5 Å². The molecule has 0 amide bonds. The zero-order chi connectivity index (χ0) is 8.27. The summed E-state index contributed by atoms with van der Waals surface area (Å²) in [5, 5.41) is 0. The van der Waals surface area contributed by atoms with Crippen molar-refractivity contribution in [2.75, 3.05) is 0 Å². The molecule has 2 unspecified atom stereocenters. The molecule has 0 aromatic carbocycles. The van der Waals surface area contributed by atoms with Crippen molar-refractivity contribution in [1.82, 2.24) is 0 Å². The van der Waals surface area contributed by atoms with Crippen LogP contribution in [-0.4, -0.2) is 6.29 Å². The van der Waals surface area contributed by atoms with Crippen LogP contribution in [-0.2, 0) is 4.79 Å². The van der Waals surface area contributed by atoms with Gasteiger partial charge < -0.3 is 4.79 Å². The van der Waals surface area contributed by atoms with Crippen LogP contribution < -0.4 is 0 Å². The lowest BCUT2D eigenvalue weighted by Crippen LogP contribution is -1.99. The van der Waals surface area contributed by atoms with Crippen LogP contribution in [0.5, 0.6) is 0 Å². The molecule has 62 valence electrons. The maximum absolute atomic E-state index is 10.4. The Balaban J connectivity index is 2.41. The summed E-state index contributed by atoms with van der Waals surface area (Å²) in [6.45, 7) is 6.14. The molecule has 1 nitrogen and oxygen atoms in total. The fourth-order valence-corrected chi connectivity index (χ4v) is 1.80. The third-order valence-corrected chi connectivity index (χ3v) is 2.70. The molecule has 2 atom stereocenters. The monoisotopic (exact) mass is 152 g/mol. The Morgan fingerprint density at radius 3 is 2.82 bits per heavy atom. The first-order valence-electron chi connectivity index (χ1n) is 4.40. The molecule has 0 aromatic heterocycles. The van der Waals surface area contributed by atoms with Crippen LogP contribution in [0.25, 0.3) is 0 Å². The molecule has 0 spiro atoms. The van der Waals surface area contributed by atoms with Gasteiger partial charge in [0.25, 0.3) is 0 Å². The maximum atomic E-state index is 10.4. The van der Waals surface area contributed by atoms with Crippen molar-refractivity contribution < 1.29 is 4.79 Å². The quantitative estimate of drug-likeness (QED) is 0.448. The van der Waals surface area contributed by atoms with Gasteiger partial charge >= 0.3 is 0 Å². The molecule has 1 fully saturated rings. The van der Waals surface area contributed by atoms with Crippen molar-refractivity contribution in [3.63, 3.8) is 0 Å². The molecule has 1 aliphatic rings. The molecule has 0 N–H and O–H groups in total. The molecule has 0 bridgehead atoms. The molecular formula is C10H16O. The lowest BCUT2D eigenvalue weighted by Gasteiger charge is -2.09. The highest BCUT2D eigenvalue weighted by Crippen LogP contribution is 2.34. The fourth-order valence-electron chi connectivity index (χ4n) is 1.80. The van der Waals surface area contributed by atoms with Crippen molar-refractivity contribution >= 4 is 6.29 Å². The summed E-state index contributed by atoms with van der Waals surface area (Å²) in [4.78, 5) is 10.4. The second-order valence-corrected chi connectivity index (χ2v) is 3.42. The van der Waals surface area contributed by atoms with Gasteiger partial charge in [0, 0.05) is 5.92 Å². The van der Waals surface area contributed by atoms with E-state index in [0.29, 0.717) is 11.8 Å². The number of rotatable bonds is 3. The van der Waals surface area contributed by atoms with Crippen LogP contribution in [0, 0.1) is 11.8 Å². The summed E-state index contributed by atoms with van der Waals surface area (Å²) in [6.07, 6.45) is 5.47.